The van der Waals surface area contributed by atoms with Crippen molar-refractivity contribution in [1.82, 2.24) is 15.1 Å². The number of carbonyl (C=O) groups excluding carboxylic acids is 2. The molecule has 1 saturated carbocycles. The van der Waals surface area contributed by atoms with Crippen LogP contribution in [0, 0.1) is 5.82 Å². The summed E-state index contributed by atoms with van der Waals surface area (Å²) in [6.45, 7) is 7.43. The summed E-state index contributed by atoms with van der Waals surface area (Å²) in [7, 11) is 0. The Bertz CT molecular complexity index is 1130. The minimum absolute atomic E-state index is 0.0946. The van der Waals surface area contributed by atoms with Crippen LogP contribution in [0.4, 0.5) is 4.39 Å². The van der Waals surface area contributed by atoms with Gasteiger partial charge in [0.2, 0.25) is 0 Å². The number of hydrogen-bond donors (Lipinski definition) is 1. The monoisotopic (exact) mass is 493 g/mol. The highest BCUT2D eigenvalue weighted by Gasteiger charge is 2.37. The quantitative estimate of drug-likeness (QED) is 0.558. The van der Waals surface area contributed by atoms with Gasteiger partial charge in [-0.1, -0.05) is 24.6 Å². The van der Waals surface area contributed by atoms with Gasteiger partial charge in [0.05, 0.1) is 12.7 Å². The molecule has 192 valence electrons. The topological polar surface area (TPSA) is 61.9 Å². The fraction of sp³-hybridized carbons (Fsp3) is 0.517. The van der Waals surface area contributed by atoms with Gasteiger partial charge in [0.1, 0.15) is 5.82 Å². The van der Waals surface area contributed by atoms with Crippen molar-refractivity contribution in [3.05, 3.63) is 58.9 Å². The summed E-state index contributed by atoms with van der Waals surface area (Å²) < 4.78 is 20.4. The summed E-state index contributed by atoms with van der Waals surface area (Å²) in [5, 5.41) is 2.75. The summed E-state index contributed by atoms with van der Waals surface area (Å²) in [5.74, 6) is -0.684. The highest BCUT2D eigenvalue weighted by atomic mass is 19.1. The molecule has 1 N–H and O–H groups in total. The lowest BCUT2D eigenvalue weighted by Crippen LogP contribution is -2.47. The molecule has 0 spiro atoms. The first-order valence-electron chi connectivity index (χ1n) is 13.3. The Kier molecular flexibility index (Phi) is 7.39. The standard InChI is InChI=1S/C29H36FN3O3/c1-19(2)36-15-12-31-28(34)22-7-8-25(27(30)17-22)20-6-9-26-21(16-20)10-14-33(29(26)35)24-11-13-32(18-24)23-4-3-5-23/h6-9,16-17,19,23-24H,3-5,10-15,18H2,1-2H3,(H,31,34). The number of benzene rings is 2. The highest BCUT2D eigenvalue weighted by molar-refractivity contribution is 5.98. The van der Waals surface area contributed by atoms with E-state index in [1.165, 1.54) is 25.3 Å². The Hall–Kier alpha value is -2.77. The Morgan fingerprint density at radius 3 is 2.61 bits per heavy atom. The number of amides is 2. The number of fused-ring (bicyclic) bond motifs is 1. The number of likely N-dealkylation sites (tertiary alicyclic amines) is 1. The molecule has 1 aliphatic carbocycles. The van der Waals surface area contributed by atoms with Crippen LogP contribution < -0.4 is 5.32 Å². The van der Waals surface area contributed by atoms with Crippen molar-refractivity contribution >= 4 is 11.8 Å². The van der Waals surface area contributed by atoms with Crippen molar-refractivity contribution in [1.29, 1.82) is 0 Å². The predicted octanol–water partition coefficient (Wildman–Crippen LogP) is 4.27. The van der Waals surface area contributed by atoms with E-state index in [1.807, 2.05) is 32.0 Å². The number of halogens is 1. The SMILES string of the molecule is CC(C)OCCNC(=O)c1ccc(-c2ccc3c(c2)CCN(C2CCN(C4CCC4)C2)C3=O)c(F)c1. The maximum absolute atomic E-state index is 15.0. The number of ether oxygens (including phenoxy) is 1. The largest absolute Gasteiger partial charge is 0.377 e. The first kappa shape index (κ1) is 24.9. The van der Waals surface area contributed by atoms with Crippen LogP contribution in [0.1, 0.15) is 65.8 Å². The average molecular weight is 494 g/mol. The van der Waals surface area contributed by atoms with E-state index in [2.05, 4.69) is 15.1 Å². The third kappa shape index (κ3) is 5.18. The van der Waals surface area contributed by atoms with Crippen LogP contribution in [0.5, 0.6) is 0 Å². The Labute approximate surface area is 212 Å². The fourth-order valence-electron chi connectivity index (χ4n) is 5.58. The van der Waals surface area contributed by atoms with Crippen LogP contribution in [0.2, 0.25) is 0 Å². The molecule has 0 aromatic heterocycles. The van der Waals surface area contributed by atoms with E-state index in [0.29, 0.717) is 31.3 Å². The smallest absolute Gasteiger partial charge is 0.254 e. The van der Waals surface area contributed by atoms with Crippen molar-refractivity contribution in [2.45, 2.75) is 64.1 Å². The van der Waals surface area contributed by atoms with E-state index in [9.17, 15) is 9.59 Å². The molecule has 2 heterocycles. The van der Waals surface area contributed by atoms with Gasteiger partial charge in [0, 0.05) is 55.0 Å². The second-order valence-corrected chi connectivity index (χ2v) is 10.5. The van der Waals surface area contributed by atoms with Crippen LogP contribution in [0.15, 0.2) is 36.4 Å². The van der Waals surface area contributed by atoms with Gasteiger partial charge in [-0.2, -0.15) is 0 Å². The molecule has 2 fully saturated rings. The third-order valence-electron chi connectivity index (χ3n) is 7.83. The fourth-order valence-corrected chi connectivity index (χ4v) is 5.58. The summed E-state index contributed by atoms with van der Waals surface area (Å²) in [6, 6.07) is 11.1. The van der Waals surface area contributed by atoms with Gasteiger partial charge in [-0.05, 0) is 68.9 Å². The third-order valence-corrected chi connectivity index (χ3v) is 7.83. The molecule has 2 aromatic carbocycles. The predicted molar refractivity (Wildman–Crippen MR) is 138 cm³/mol. The van der Waals surface area contributed by atoms with Crippen molar-refractivity contribution in [2.24, 2.45) is 0 Å². The zero-order valence-electron chi connectivity index (χ0n) is 21.3. The van der Waals surface area contributed by atoms with Crippen molar-refractivity contribution in [2.75, 3.05) is 32.8 Å². The van der Waals surface area contributed by atoms with Gasteiger partial charge in [0.25, 0.3) is 11.8 Å². The maximum atomic E-state index is 15.0. The average Bonchev–Trinajstić information content (AvgIpc) is 3.29. The normalized spacial score (nSPS) is 20.5. The van der Waals surface area contributed by atoms with E-state index >= 15 is 4.39 Å². The van der Waals surface area contributed by atoms with Gasteiger partial charge in [-0.25, -0.2) is 4.39 Å². The summed E-state index contributed by atoms with van der Waals surface area (Å²) in [4.78, 5) is 30.3. The Balaban J connectivity index is 1.24. The summed E-state index contributed by atoms with van der Waals surface area (Å²) in [6.07, 6.45) is 5.83. The van der Waals surface area contributed by atoms with Crippen molar-refractivity contribution in [3.8, 4) is 11.1 Å². The second-order valence-electron chi connectivity index (χ2n) is 10.5. The van der Waals surface area contributed by atoms with Gasteiger partial charge < -0.3 is 15.0 Å². The van der Waals surface area contributed by atoms with E-state index in [4.69, 9.17) is 4.74 Å². The molecular formula is C29H36FN3O3. The molecule has 2 amide bonds. The molecule has 5 rings (SSSR count). The minimum Gasteiger partial charge on any atom is -0.377 e. The van der Waals surface area contributed by atoms with Crippen molar-refractivity contribution in [3.63, 3.8) is 0 Å². The molecule has 0 radical (unpaired) electrons. The van der Waals surface area contributed by atoms with E-state index < -0.39 is 5.82 Å². The molecule has 2 aromatic rings. The van der Waals surface area contributed by atoms with Gasteiger partial charge >= 0.3 is 0 Å². The lowest BCUT2D eigenvalue weighted by Gasteiger charge is -2.37. The van der Waals surface area contributed by atoms with E-state index in [-0.39, 0.29) is 23.5 Å². The zero-order valence-corrected chi connectivity index (χ0v) is 21.3. The molecule has 1 saturated heterocycles. The molecule has 3 aliphatic rings. The summed E-state index contributed by atoms with van der Waals surface area (Å²) in [5.41, 5.74) is 3.12. The van der Waals surface area contributed by atoms with Crippen LogP contribution in [0.3, 0.4) is 0 Å². The van der Waals surface area contributed by atoms with E-state index in [0.717, 1.165) is 48.7 Å². The van der Waals surface area contributed by atoms with Crippen molar-refractivity contribution < 1.29 is 18.7 Å². The van der Waals surface area contributed by atoms with Gasteiger partial charge in [0.15, 0.2) is 0 Å². The number of rotatable bonds is 8. The highest BCUT2D eigenvalue weighted by Crippen LogP contribution is 2.33. The Morgan fingerprint density at radius 1 is 1.08 bits per heavy atom. The van der Waals surface area contributed by atoms with Gasteiger partial charge in [-0.15, -0.1) is 0 Å². The molecule has 1 atom stereocenters. The molecule has 1 unspecified atom stereocenters. The number of hydrogen-bond acceptors (Lipinski definition) is 4. The molecule has 36 heavy (non-hydrogen) atoms. The second kappa shape index (κ2) is 10.7. The first-order chi connectivity index (χ1) is 17.4. The number of nitrogens with zero attached hydrogens (tertiary/aromatic N) is 2. The Morgan fingerprint density at radius 2 is 1.89 bits per heavy atom. The lowest BCUT2D eigenvalue weighted by molar-refractivity contribution is 0.0646. The molecule has 6 nitrogen and oxygen atoms in total. The molecule has 7 heteroatoms. The zero-order chi connectivity index (χ0) is 25.2. The van der Waals surface area contributed by atoms with Crippen LogP contribution in [-0.4, -0.2) is 72.6 Å². The number of carbonyl (C=O) groups is 2. The minimum atomic E-state index is -0.452. The maximum Gasteiger partial charge on any atom is 0.254 e. The molecular weight excluding hydrogens is 457 g/mol. The van der Waals surface area contributed by atoms with Crippen LogP contribution in [-0.2, 0) is 11.2 Å². The van der Waals surface area contributed by atoms with Gasteiger partial charge in [-0.3, -0.25) is 14.5 Å². The summed E-state index contributed by atoms with van der Waals surface area (Å²) >= 11 is 0. The van der Waals surface area contributed by atoms with Crippen LogP contribution in [0.25, 0.3) is 11.1 Å². The van der Waals surface area contributed by atoms with Crippen LogP contribution >= 0.6 is 0 Å². The molecule has 0 bridgehead atoms. The van der Waals surface area contributed by atoms with E-state index in [1.54, 1.807) is 12.1 Å². The molecule has 2 aliphatic heterocycles. The lowest BCUT2D eigenvalue weighted by atomic mass is 9.91. The number of nitrogens with one attached hydrogen (secondary N) is 1. The first-order valence-corrected chi connectivity index (χ1v) is 13.3.